The van der Waals surface area contributed by atoms with Crippen molar-refractivity contribution < 1.29 is 4.74 Å². The number of fused-ring (bicyclic) bond motifs is 2. The number of nitrogens with two attached hydrogens (primary N) is 1. The highest BCUT2D eigenvalue weighted by atomic mass is 32.2. The molecule has 4 heteroatoms. The molecule has 3 N–H and O–H groups in total. The molecule has 76 valence electrons. The topological polar surface area (TPSA) is 47.3 Å². The van der Waals surface area contributed by atoms with Crippen LogP contribution in [-0.4, -0.2) is 5.50 Å². The molecule has 0 spiro atoms. The summed E-state index contributed by atoms with van der Waals surface area (Å²) in [5.41, 5.74) is 7.91. The summed E-state index contributed by atoms with van der Waals surface area (Å²) in [6, 6.07) is 7.93. The van der Waals surface area contributed by atoms with Crippen LogP contribution in [0.2, 0.25) is 0 Å². The van der Waals surface area contributed by atoms with Crippen molar-refractivity contribution in [2.75, 3.05) is 0 Å². The molecule has 1 atom stereocenters. The van der Waals surface area contributed by atoms with E-state index in [1.165, 1.54) is 0 Å². The van der Waals surface area contributed by atoms with Crippen LogP contribution in [0, 0.1) is 0 Å². The van der Waals surface area contributed by atoms with Crippen LogP contribution in [0.15, 0.2) is 41.5 Å². The van der Waals surface area contributed by atoms with Gasteiger partial charge in [-0.1, -0.05) is 23.9 Å². The van der Waals surface area contributed by atoms with Gasteiger partial charge < -0.3 is 15.8 Å². The molecule has 0 radical (unpaired) electrons. The van der Waals surface area contributed by atoms with E-state index in [0.717, 1.165) is 21.9 Å². The van der Waals surface area contributed by atoms with Crippen LogP contribution >= 0.6 is 11.8 Å². The largest absolute Gasteiger partial charge is 0.464 e. The van der Waals surface area contributed by atoms with Crippen LogP contribution in [0.25, 0.3) is 5.70 Å². The summed E-state index contributed by atoms with van der Waals surface area (Å²) in [6.45, 7) is 0. The van der Waals surface area contributed by atoms with Gasteiger partial charge in [-0.25, -0.2) is 0 Å². The van der Waals surface area contributed by atoms with E-state index in [1.807, 2.05) is 30.3 Å². The number of benzene rings is 1. The number of thioether (sulfide) groups is 1. The highest BCUT2D eigenvalue weighted by molar-refractivity contribution is 8.04. The first-order valence-corrected chi connectivity index (χ1v) is 5.58. The Balaban J connectivity index is 2.16. The second-order valence-corrected chi connectivity index (χ2v) is 4.52. The smallest absolute Gasteiger partial charge is 0.135 e. The maximum Gasteiger partial charge on any atom is 0.135 e. The summed E-state index contributed by atoms with van der Waals surface area (Å²) < 4.78 is 5.50. The predicted molar refractivity (Wildman–Crippen MR) is 61.8 cm³/mol. The minimum Gasteiger partial charge on any atom is -0.464 e. The molecule has 0 saturated carbocycles. The SMILES string of the molecule is NC1NC2=C(C=COc3ccccc32)S1. The fraction of sp³-hybridized carbons (Fsp3) is 0.0909. The minimum atomic E-state index is -0.0641. The molecular formula is C11H10N2OS. The zero-order valence-corrected chi connectivity index (χ0v) is 8.75. The number of para-hydroxylation sites is 1. The first-order chi connectivity index (χ1) is 7.34. The maximum atomic E-state index is 5.84. The van der Waals surface area contributed by atoms with Crippen molar-refractivity contribution in [1.82, 2.24) is 5.32 Å². The first kappa shape index (κ1) is 8.88. The number of nitrogens with one attached hydrogen (secondary N) is 1. The fourth-order valence-corrected chi connectivity index (χ4v) is 2.59. The lowest BCUT2D eigenvalue weighted by molar-refractivity contribution is 0.480. The maximum absolute atomic E-state index is 5.84. The molecule has 1 unspecified atom stereocenters. The second-order valence-electron chi connectivity index (χ2n) is 3.34. The summed E-state index contributed by atoms with van der Waals surface area (Å²) in [7, 11) is 0. The number of hydrogen-bond donors (Lipinski definition) is 2. The summed E-state index contributed by atoms with van der Waals surface area (Å²) in [6.07, 6.45) is 3.65. The molecule has 3 nitrogen and oxygen atoms in total. The van der Waals surface area contributed by atoms with E-state index in [9.17, 15) is 0 Å². The molecule has 2 aliphatic heterocycles. The van der Waals surface area contributed by atoms with Crippen LogP contribution < -0.4 is 15.8 Å². The average Bonchev–Trinajstić information content (AvgIpc) is 2.52. The molecule has 0 fully saturated rings. The monoisotopic (exact) mass is 218 g/mol. The summed E-state index contributed by atoms with van der Waals surface area (Å²) in [4.78, 5) is 1.13. The number of allylic oxidation sites excluding steroid dienone is 1. The van der Waals surface area contributed by atoms with E-state index in [4.69, 9.17) is 10.5 Å². The van der Waals surface area contributed by atoms with Crippen molar-refractivity contribution in [3.8, 4) is 5.75 Å². The van der Waals surface area contributed by atoms with Crippen LogP contribution in [0.4, 0.5) is 0 Å². The van der Waals surface area contributed by atoms with Crippen molar-refractivity contribution in [3.05, 3.63) is 47.1 Å². The summed E-state index contributed by atoms with van der Waals surface area (Å²) >= 11 is 1.61. The van der Waals surface area contributed by atoms with Gasteiger partial charge in [0.2, 0.25) is 0 Å². The standard InChI is InChI=1S/C11H10N2OS/c12-11-13-10-7-3-1-2-4-8(7)14-6-5-9(10)15-11/h1-6,11,13H,12H2. The molecule has 0 saturated heterocycles. The Morgan fingerprint density at radius 1 is 1.33 bits per heavy atom. The molecule has 1 aromatic rings. The molecule has 0 aromatic heterocycles. The molecule has 1 aromatic carbocycles. The van der Waals surface area contributed by atoms with Gasteiger partial charge in [0.25, 0.3) is 0 Å². The zero-order valence-electron chi connectivity index (χ0n) is 7.94. The van der Waals surface area contributed by atoms with Gasteiger partial charge in [0.1, 0.15) is 11.2 Å². The van der Waals surface area contributed by atoms with Gasteiger partial charge in [0.05, 0.1) is 12.0 Å². The third-order valence-electron chi connectivity index (χ3n) is 2.36. The highest BCUT2D eigenvalue weighted by Gasteiger charge is 2.24. The Morgan fingerprint density at radius 2 is 2.20 bits per heavy atom. The Hall–Kier alpha value is -1.39. The molecule has 0 bridgehead atoms. The van der Waals surface area contributed by atoms with Gasteiger partial charge in [-0.3, -0.25) is 0 Å². The lowest BCUT2D eigenvalue weighted by Gasteiger charge is -2.10. The molecule has 2 aliphatic rings. The van der Waals surface area contributed by atoms with E-state index >= 15 is 0 Å². The normalized spacial score (nSPS) is 22.6. The van der Waals surface area contributed by atoms with E-state index < -0.39 is 0 Å². The lowest BCUT2D eigenvalue weighted by atomic mass is 10.1. The van der Waals surface area contributed by atoms with Crippen molar-refractivity contribution in [1.29, 1.82) is 0 Å². The third kappa shape index (κ3) is 1.42. The van der Waals surface area contributed by atoms with Crippen LogP contribution in [0.3, 0.4) is 0 Å². The molecule has 0 aliphatic carbocycles. The van der Waals surface area contributed by atoms with Crippen LogP contribution in [0.1, 0.15) is 5.56 Å². The van der Waals surface area contributed by atoms with Gasteiger partial charge >= 0.3 is 0 Å². The van der Waals surface area contributed by atoms with Crippen molar-refractivity contribution in [2.45, 2.75) is 5.50 Å². The minimum absolute atomic E-state index is 0.0641. The van der Waals surface area contributed by atoms with E-state index in [-0.39, 0.29) is 5.50 Å². The third-order valence-corrected chi connectivity index (χ3v) is 3.32. The fourth-order valence-electron chi connectivity index (χ4n) is 1.72. The molecule has 15 heavy (non-hydrogen) atoms. The van der Waals surface area contributed by atoms with Crippen molar-refractivity contribution >= 4 is 17.5 Å². The lowest BCUT2D eigenvalue weighted by Crippen LogP contribution is -2.28. The number of rotatable bonds is 0. The van der Waals surface area contributed by atoms with Gasteiger partial charge in [0.15, 0.2) is 0 Å². The highest BCUT2D eigenvalue weighted by Crippen LogP contribution is 2.39. The number of hydrogen-bond acceptors (Lipinski definition) is 4. The molecule has 2 heterocycles. The van der Waals surface area contributed by atoms with Gasteiger partial charge in [-0.2, -0.15) is 0 Å². The Kier molecular flexibility index (Phi) is 1.97. The average molecular weight is 218 g/mol. The van der Waals surface area contributed by atoms with E-state index in [1.54, 1.807) is 18.0 Å². The van der Waals surface area contributed by atoms with E-state index in [0.29, 0.717) is 0 Å². The quantitative estimate of drug-likeness (QED) is 0.697. The van der Waals surface area contributed by atoms with Gasteiger partial charge in [-0.05, 0) is 18.2 Å². The van der Waals surface area contributed by atoms with Crippen molar-refractivity contribution in [2.24, 2.45) is 5.73 Å². The second kappa shape index (κ2) is 3.32. The Morgan fingerprint density at radius 3 is 3.13 bits per heavy atom. The molecular weight excluding hydrogens is 208 g/mol. The molecule has 0 amide bonds. The van der Waals surface area contributed by atoms with Gasteiger partial charge in [-0.15, -0.1) is 0 Å². The summed E-state index contributed by atoms with van der Waals surface area (Å²) in [5, 5.41) is 3.24. The van der Waals surface area contributed by atoms with Crippen LogP contribution in [-0.2, 0) is 0 Å². The zero-order chi connectivity index (χ0) is 10.3. The molecule has 3 rings (SSSR count). The van der Waals surface area contributed by atoms with E-state index in [2.05, 4.69) is 5.32 Å². The van der Waals surface area contributed by atoms with Gasteiger partial charge in [0, 0.05) is 10.5 Å². The Bertz CT molecular complexity index is 467. The van der Waals surface area contributed by atoms with Crippen LogP contribution in [0.5, 0.6) is 5.75 Å². The summed E-state index contributed by atoms with van der Waals surface area (Å²) in [5.74, 6) is 0.862. The number of ether oxygens (including phenoxy) is 1. The predicted octanol–water partition coefficient (Wildman–Crippen LogP) is 1.84. The Labute approximate surface area is 92.0 Å². The van der Waals surface area contributed by atoms with Crippen molar-refractivity contribution in [3.63, 3.8) is 0 Å². The first-order valence-electron chi connectivity index (χ1n) is 4.70.